The van der Waals surface area contributed by atoms with Gasteiger partial charge in [0.25, 0.3) is 0 Å². The Morgan fingerprint density at radius 2 is 2.17 bits per heavy atom. The van der Waals surface area contributed by atoms with Crippen molar-refractivity contribution < 1.29 is 0 Å². The third-order valence-corrected chi connectivity index (χ3v) is 4.29. The Bertz CT molecular complexity index is 730. The molecule has 18 heavy (non-hydrogen) atoms. The summed E-state index contributed by atoms with van der Waals surface area (Å²) in [7, 11) is 0. The summed E-state index contributed by atoms with van der Waals surface area (Å²) in [6.45, 7) is 0. The van der Waals surface area contributed by atoms with Crippen molar-refractivity contribution >= 4 is 32.2 Å². The lowest BCUT2D eigenvalue weighted by Crippen LogP contribution is -1.93. The highest BCUT2D eigenvalue weighted by Gasteiger charge is 2.30. The summed E-state index contributed by atoms with van der Waals surface area (Å²) in [5, 5.41) is 13.9. The largest absolute Gasteiger partial charge is 0.263 e. The monoisotopic (exact) mass is 321 g/mol. The molecule has 0 bridgehead atoms. The SMILES string of the molecule is Brc1cncc(-c2nn3c(C4CC4)nnc3s2)c1. The van der Waals surface area contributed by atoms with Crippen LogP contribution < -0.4 is 0 Å². The second kappa shape index (κ2) is 3.83. The van der Waals surface area contributed by atoms with Crippen molar-refractivity contribution in [2.45, 2.75) is 18.8 Å². The first-order valence-electron chi connectivity index (χ1n) is 5.64. The molecule has 0 radical (unpaired) electrons. The molecule has 0 aliphatic heterocycles. The molecule has 0 atom stereocenters. The fourth-order valence-corrected chi connectivity index (χ4v) is 3.07. The highest BCUT2D eigenvalue weighted by molar-refractivity contribution is 9.10. The van der Waals surface area contributed by atoms with Crippen LogP contribution in [0.4, 0.5) is 0 Å². The van der Waals surface area contributed by atoms with E-state index in [2.05, 4.69) is 36.2 Å². The van der Waals surface area contributed by atoms with E-state index < -0.39 is 0 Å². The summed E-state index contributed by atoms with van der Waals surface area (Å²) < 4.78 is 2.83. The molecule has 0 amide bonds. The second-order valence-electron chi connectivity index (χ2n) is 4.33. The van der Waals surface area contributed by atoms with Crippen molar-refractivity contribution in [2.75, 3.05) is 0 Å². The van der Waals surface area contributed by atoms with Crippen LogP contribution in [-0.4, -0.2) is 24.8 Å². The summed E-state index contributed by atoms with van der Waals surface area (Å²) in [6, 6.07) is 2.01. The van der Waals surface area contributed by atoms with Gasteiger partial charge in [0.05, 0.1) is 0 Å². The van der Waals surface area contributed by atoms with Crippen LogP contribution in [0, 0.1) is 0 Å². The Morgan fingerprint density at radius 1 is 1.28 bits per heavy atom. The minimum Gasteiger partial charge on any atom is -0.263 e. The summed E-state index contributed by atoms with van der Waals surface area (Å²) in [4.78, 5) is 5.01. The van der Waals surface area contributed by atoms with Gasteiger partial charge >= 0.3 is 0 Å². The van der Waals surface area contributed by atoms with E-state index in [0.717, 1.165) is 25.8 Å². The molecule has 7 heteroatoms. The Balaban J connectivity index is 1.86. The third-order valence-electron chi connectivity index (χ3n) is 2.91. The van der Waals surface area contributed by atoms with Gasteiger partial charge < -0.3 is 0 Å². The molecule has 90 valence electrons. The molecular weight excluding hydrogens is 314 g/mol. The van der Waals surface area contributed by atoms with Gasteiger partial charge in [-0.2, -0.15) is 9.61 Å². The lowest BCUT2D eigenvalue weighted by atomic mass is 10.3. The second-order valence-corrected chi connectivity index (χ2v) is 6.20. The maximum atomic E-state index is 4.59. The Morgan fingerprint density at radius 3 is 2.94 bits per heavy atom. The highest BCUT2D eigenvalue weighted by atomic mass is 79.9. The molecular formula is C11H8BrN5S. The van der Waals surface area contributed by atoms with Crippen molar-refractivity contribution in [2.24, 2.45) is 0 Å². The molecule has 4 rings (SSSR count). The lowest BCUT2D eigenvalue weighted by Gasteiger charge is -1.95. The van der Waals surface area contributed by atoms with E-state index in [4.69, 9.17) is 0 Å². The van der Waals surface area contributed by atoms with Gasteiger partial charge in [0, 0.05) is 28.3 Å². The van der Waals surface area contributed by atoms with Gasteiger partial charge in [-0.3, -0.25) is 4.98 Å². The normalized spacial score (nSPS) is 15.4. The number of aromatic nitrogens is 5. The van der Waals surface area contributed by atoms with Gasteiger partial charge in [-0.05, 0) is 34.8 Å². The van der Waals surface area contributed by atoms with Crippen molar-refractivity contribution in [3.05, 3.63) is 28.8 Å². The van der Waals surface area contributed by atoms with Crippen molar-refractivity contribution in [1.82, 2.24) is 24.8 Å². The third kappa shape index (κ3) is 1.65. The Kier molecular flexibility index (Phi) is 2.25. The van der Waals surface area contributed by atoms with Crippen LogP contribution in [0.25, 0.3) is 15.5 Å². The van der Waals surface area contributed by atoms with E-state index >= 15 is 0 Å². The van der Waals surface area contributed by atoms with Gasteiger partial charge in [0.1, 0.15) is 5.01 Å². The maximum absolute atomic E-state index is 4.59. The molecule has 0 saturated heterocycles. The number of rotatable bonds is 2. The zero-order valence-electron chi connectivity index (χ0n) is 9.25. The number of hydrogen-bond donors (Lipinski definition) is 0. The molecule has 3 aromatic rings. The van der Waals surface area contributed by atoms with Crippen molar-refractivity contribution in [1.29, 1.82) is 0 Å². The molecule has 0 unspecified atom stereocenters. The molecule has 1 aliphatic carbocycles. The topological polar surface area (TPSA) is 56.0 Å². The summed E-state index contributed by atoms with van der Waals surface area (Å²) >= 11 is 4.96. The molecule has 0 spiro atoms. The molecule has 1 fully saturated rings. The van der Waals surface area contributed by atoms with Crippen molar-refractivity contribution in [3.63, 3.8) is 0 Å². The first kappa shape index (κ1) is 10.6. The van der Waals surface area contributed by atoms with Crippen LogP contribution in [0.3, 0.4) is 0 Å². The van der Waals surface area contributed by atoms with Crippen LogP contribution in [-0.2, 0) is 0 Å². The molecule has 1 saturated carbocycles. The quantitative estimate of drug-likeness (QED) is 0.728. The smallest absolute Gasteiger partial charge is 0.234 e. The summed E-state index contributed by atoms with van der Waals surface area (Å²) in [5.41, 5.74) is 1.00. The lowest BCUT2D eigenvalue weighted by molar-refractivity contribution is 0.828. The van der Waals surface area contributed by atoms with Gasteiger partial charge in [0.15, 0.2) is 5.82 Å². The zero-order chi connectivity index (χ0) is 12.1. The van der Waals surface area contributed by atoms with Gasteiger partial charge in [0.2, 0.25) is 4.96 Å². The number of hydrogen-bond acceptors (Lipinski definition) is 5. The van der Waals surface area contributed by atoms with Crippen LogP contribution in [0.5, 0.6) is 0 Å². The molecule has 0 aromatic carbocycles. The number of nitrogens with zero attached hydrogens (tertiary/aromatic N) is 5. The first-order valence-corrected chi connectivity index (χ1v) is 7.25. The van der Waals surface area contributed by atoms with E-state index in [1.54, 1.807) is 17.5 Å². The van der Waals surface area contributed by atoms with E-state index in [9.17, 15) is 0 Å². The Labute approximate surface area is 115 Å². The highest BCUT2D eigenvalue weighted by Crippen LogP contribution is 2.39. The average Bonchev–Trinajstić information content (AvgIpc) is 2.99. The molecule has 3 heterocycles. The molecule has 1 aliphatic rings. The fourth-order valence-electron chi connectivity index (χ4n) is 1.87. The summed E-state index contributed by atoms with van der Waals surface area (Å²) in [6.07, 6.45) is 5.98. The maximum Gasteiger partial charge on any atom is 0.234 e. The molecule has 5 nitrogen and oxygen atoms in total. The van der Waals surface area contributed by atoms with E-state index in [-0.39, 0.29) is 0 Å². The average molecular weight is 322 g/mol. The summed E-state index contributed by atoms with van der Waals surface area (Å²) in [5.74, 6) is 1.55. The minimum atomic E-state index is 0.551. The predicted molar refractivity (Wildman–Crippen MR) is 71.6 cm³/mol. The van der Waals surface area contributed by atoms with Crippen LogP contribution in [0.2, 0.25) is 0 Å². The standard InChI is InChI=1S/C11H8BrN5S/c12-8-3-7(4-13-5-8)10-16-17-9(6-1-2-6)14-15-11(17)18-10/h3-6H,1-2H2. The van der Waals surface area contributed by atoms with E-state index in [1.807, 2.05) is 16.8 Å². The number of halogens is 1. The molecule has 0 N–H and O–H groups in total. The van der Waals surface area contributed by atoms with E-state index in [0.29, 0.717) is 5.92 Å². The Hall–Kier alpha value is -1.34. The van der Waals surface area contributed by atoms with Crippen LogP contribution in [0.15, 0.2) is 22.9 Å². The van der Waals surface area contributed by atoms with Gasteiger partial charge in [-0.25, -0.2) is 0 Å². The van der Waals surface area contributed by atoms with Crippen molar-refractivity contribution in [3.8, 4) is 10.6 Å². The van der Waals surface area contributed by atoms with E-state index in [1.165, 1.54) is 12.8 Å². The number of pyridine rings is 1. The van der Waals surface area contributed by atoms with Crippen LogP contribution in [0.1, 0.15) is 24.6 Å². The fraction of sp³-hybridized carbons (Fsp3) is 0.273. The first-order chi connectivity index (χ1) is 8.81. The van der Waals surface area contributed by atoms with Gasteiger partial charge in [-0.15, -0.1) is 10.2 Å². The zero-order valence-corrected chi connectivity index (χ0v) is 11.6. The number of fused-ring (bicyclic) bond motifs is 1. The minimum absolute atomic E-state index is 0.551. The van der Waals surface area contributed by atoms with Crippen LogP contribution >= 0.6 is 27.3 Å². The molecule has 3 aromatic heterocycles. The predicted octanol–water partition coefficient (Wildman–Crippen LogP) is 2.89. The van der Waals surface area contributed by atoms with Gasteiger partial charge in [-0.1, -0.05) is 11.3 Å².